The molecule has 0 aromatic heterocycles. The molecule has 0 amide bonds. The fraction of sp³-hybridized carbons (Fsp3) is 0.143. The highest BCUT2D eigenvalue weighted by Crippen LogP contribution is 2.39. The highest BCUT2D eigenvalue weighted by molar-refractivity contribution is 9.11. The average molecular weight is 484 g/mol. The zero-order valence-electron chi connectivity index (χ0n) is 10.5. The first-order chi connectivity index (χ1) is 9.43. The van der Waals surface area contributed by atoms with Gasteiger partial charge in [0.05, 0.1) is 17.6 Å². The molecule has 2 aromatic carbocycles. The van der Waals surface area contributed by atoms with Crippen molar-refractivity contribution < 1.29 is 4.74 Å². The summed E-state index contributed by atoms with van der Waals surface area (Å²) in [6.07, 6.45) is 0. The third-order valence-electron chi connectivity index (χ3n) is 2.87. The maximum atomic E-state index is 6.39. The highest BCUT2D eigenvalue weighted by Gasteiger charge is 2.19. The Labute approximate surface area is 148 Å². The Morgan fingerprint density at radius 3 is 2.40 bits per heavy atom. The van der Waals surface area contributed by atoms with E-state index >= 15 is 0 Å². The topological polar surface area (TPSA) is 35.2 Å². The van der Waals surface area contributed by atoms with Crippen LogP contribution in [0.25, 0.3) is 0 Å². The van der Waals surface area contributed by atoms with E-state index in [0.717, 1.165) is 24.5 Å². The zero-order valence-corrected chi connectivity index (χ0v) is 16.0. The summed E-state index contributed by atoms with van der Waals surface area (Å²) < 4.78 is 8.11. The lowest BCUT2D eigenvalue weighted by Gasteiger charge is -2.19. The molecule has 0 aliphatic heterocycles. The molecule has 2 aromatic rings. The lowest BCUT2D eigenvalue weighted by molar-refractivity contribution is 0.405. The van der Waals surface area contributed by atoms with Gasteiger partial charge in [0.25, 0.3) is 0 Å². The number of hydrogen-bond acceptors (Lipinski definition) is 2. The van der Waals surface area contributed by atoms with Gasteiger partial charge in [-0.25, -0.2) is 0 Å². The molecule has 0 saturated heterocycles. The van der Waals surface area contributed by atoms with Crippen LogP contribution in [0, 0.1) is 0 Å². The molecule has 106 valence electrons. The summed E-state index contributed by atoms with van der Waals surface area (Å²) in [4.78, 5) is 0. The number of benzene rings is 2. The summed E-state index contributed by atoms with van der Waals surface area (Å²) in [5, 5.41) is 0.606. The summed E-state index contributed by atoms with van der Waals surface area (Å²) >= 11 is 16.5. The molecule has 0 heterocycles. The van der Waals surface area contributed by atoms with Gasteiger partial charge in [0.15, 0.2) is 0 Å². The summed E-state index contributed by atoms with van der Waals surface area (Å²) in [6, 6.07) is 9.13. The molecule has 2 N–H and O–H groups in total. The zero-order chi connectivity index (χ0) is 14.9. The predicted octanol–water partition coefficient (Wildman–Crippen LogP) is 5.68. The van der Waals surface area contributed by atoms with Crippen LogP contribution in [-0.4, -0.2) is 7.11 Å². The van der Waals surface area contributed by atoms with Gasteiger partial charge >= 0.3 is 0 Å². The van der Waals surface area contributed by atoms with E-state index in [1.54, 1.807) is 13.2 Å². The molecule has 0 bridgehead atoms. The number of hydrogen-bond donors (Lipinski definition) is 1. The average Bonchev–Trinajstić information content (AvgIpc) is 2.40. The van der Waals surface area contributed by atoms with Crippen LogP contribution in [0.4, 0.5) is 0 Å². The summed E-state index contributed by atoms with van der Waals surface area (Å²) in [7, 11) is 1.61. The predicted molar refractivity (Wildman–Crippen MR) is 93.6 cm³/mol. The van der Waals surface area contributed by atoms with Crippen LogP contribution < -0.4 is 10.5 Å². The number of nitrogens with two attached hydrogens (primary N) is 1. The van der Waals surface area contributed by atoms with Crippen LogP contribution in [-0.2, 0) is 0 Å². The SMILES string of the molecule is COc1c(Br)cc(Cl)cc1C(N)c1cc(Br)ccc1Br. The van der Waals surface area contributed by atoms with E-state index in [1.807, 2.05) is 24.3 Å². The number of rotatable bonds is 3. The van der Waals surface area contributed by atoms with Gasteiger partial charge in [-0.1, -0.05) is 43.5 Å². The molecular weight excluding hydrogens is 473 g/mol. The molecule has 2 nitrogen and oxygen atoms in total. The molecule has 20 heavy (non-hydrogen) atoms. The second-order valence-electron chi connectivity index (χ2n) is 4.15. The van der Waals surface area contributed by atoms with E-state index in [-0.39, 0.29) is 6.04 Å². The van der Waals surface area contributed by atoms with Crippen molar-refractivity contribution >= 4 is 59.4 Å². The number of ether oxygens (including phenoxy) is 1. The van der Waals surface area contributed by atoms with Gasteiger partial charge in [-0.15, -0.1) is 0 Å². The van der Waals surface area contributed by atoms with Crippen molar-refractivity contribution in [3.63, 3.8) is 0 Å². The third kappa shape index (κ3) is 3.39. The molecule has 0 aliphatic rings. The Kier molecular flexibility index (Phi) is 5.54. The largest absolute Gasteiger partial charge is 0.495 e. The maximum Gasteiger partial charge on any atom is 0.138 e. The van der Waals surface area contributed by atoms with E-state index < -0.39 is 0 Å². The summed E-state index contributed by atoms with van der Waals surface area (Å²) in [6.45, 7) is 0. The Morgan fingerprint density at radius 2 is 1.75 bits per heavy atom. The van der Waals surface area contributed by atoms with E-state index in [0.29, 0.717) is 10.8 Å². The van der Waals surface area contributed by atoms with Crippen molar-refractivity contribution in [2.75, 3.05) is 7.11 Å². The molecule has 6 heteroatoms. The van der Waals surface area contributed by atoms with E-state index in [4.69, 9.17) is 22.1 Å². The van der Waals surface area contributed by atoms with Gasteiger partial charge in [0, 0.05) is 19.5 Å². The molecular formula is C14H11Br3ClNO. The number of methoxy groups -OCH3 is 1. The van der Waals surface area contributed by atoms with Gasteiger partial charge in [-0.2, -0.15) is 0 Å². The van der Waals surface area contributed by atoms with E-state index in [9.17, 15) is 0 Å². The van der Waals surface area contributed by atoms with Gasteiger partial charge in [-0.3, -0.25) is 0 Å². The van der Waals surface area contributed by atoms with Gasteiger partial charge < -0.3 is 10.5 Å². The minimum absolute atomic E-state index is 0.355. The van der Waals surface area contributed by atoms with Crippen molar-refractivity contribution in [3.8, 4) is 5.75 Å². The minimum atomic E-state index is -0.355. The lowest BCUT2D eigenvalue weighted by Crippen LogP contribution is -2.14. The van der Waals surface area contributed by atoms with Crippen LogP contribution in [0.1, 0.15) is 17.2 Å². The first-order valence-corrected chi connectivity index (χ1v) is 8.43. The van der Waals surface area contributed by atoms with Crippen LogP contribution in [0.5, 0.6) is 5.75 Å². The number of halogens is 4. The molecule has 2 rings (SSSR count). The van der Waals surface area contributed by atoms with Crippen molar-refractivity contribution in [1.82, 2.24) is 0 Å². The first kappa shape index (κ1) is 16.3. The molecule has 1 unspecified atom stereocenters. The van der Waals surface area contributed by atoms with Crippen LogP contribution in [0.2, 0.25) is 5.02 Å². The van der Waals surface area contributed by atoms with Crippen LogP contribution in [0.15, 0.2) is 43.7 Å². The fourth-order valence-electron chi connectivity index (χ4n) is 1.95. The van der Waals surface area contributed by atoms with Gasteiger partial charge in [-0.05, 0) is 51.8 Å². The second kappa shape index (κ2) is 6.79. The maximum absolute atomic E-state index is 6.39. The summed E-state index contributed by atoms with van der Waals surface area (Å²) in [5.41, 5.74) is 8.17. The third-order valence-corrected chi connectivity index (χ3v) is 4.89. The molecule has 0 radical (unpaired) electrons. The lowest BCUT2D eigenvalue weighted by atomic mass is 9.99. The fourth-order valence-corrected chi connectivity index (χ4v) is 3.82. The van der Waals surface area contributed by atoms with Gasteiger partial charge in [0.2, 0.25) is 0 Å². The minimum Gasteiger partial charge on any atom is -0.495 e. The Hall–Kier alpha value is -0.0700. The molecule has 1 atom stereocenters. The molecule has 0 aliphatic carbocycles. The van der Waals surface area contributed by atoms with Gasteiger partial charge in [0.1, 0.15) is 5.75 Å². The smallest absolute Gasteiger partial charge is 0.138 e. The Morgan fingerprint density at radius 1 is 1.05 bits per heavy atom. The quantitative estimate of drug-likeness (QED) is 0.608. The molecule has 0 spiro atoms. The van der Waals surface area contributed by atoms with Crippen LogP contribution >= 0.6 is 59.4 Å². The first-order valence-electron chi connectivity index (χ1n) is 5.67. The Balaban J connectivity index is 2.58. The van der Waals surface area contributed by atoms with Crippen molar-refractivity contribution in [3.05, 3.63) is 59.9 Å². The van der Waals surface area contributed by atoms with Crippen LogP contribution in [0.3, 0.4) is 0 Å². The van der Waals surface area contributed by atoms with E-state index in [2.05, 4.69) is 47.8 Å². The monoisotopic (exact) mass is 481 g/mol. The second-order valence-corrected chi connectivity index (χ2v) is 7.21. The highest BCUT2D eigenvalue weighted by atomic mass is 79.9. The Bertz CT molecular complexity index is 649. The van der Waals surface area contributed by atoms with Crippen molar-refractivity contribution in [2.24, 2.45) is 5.73 Å². The molecule has 0 saturated carbocycles. The normalized spacial score (nSPS) is 12.3. The van der Waals surface area contributed by atoms with E-state index in [1.165, 1.54) is 0 Å². The summed E-state index contributed by atoms with van der Waals surface area (Å²) in [5.74, 6) is 0.689. The standard InChI is InChI=1S/C14H11Br3ClNO/c1-20-14-10(5-8(18)6-12(14)17)13(19)9-4-7(15)2-3-11(9)16/h2-6,13H,19H2,1H3. The van der Waals surface area contributed by atoms with Crippen molar-refractivity contribution in [2.45, 2.75) is 6.04 Å². The molecule has 0 fully saturated rings. The van der Waals surface area contributed by atoms with Crippen molar-refractivity contribution in [1.29, 1.82) is 0 Å².